The zero-order valence-corrected chi connectivity index (χ0v) is 17.3. The number of esters is 1. The van der Waals surface area contributed by atoms with Gasteiger partial charge in [-0.25, -0.2) is 4.79 Å². The van der Waals surface area contributed by atoms with Gasteiger partial charge < -0.3 is 19.2 Å². The van der Waals surface area contributed by atoms with E-state index in [1.54, 1.807) is 12.1 Å². The minimum Gasteiger partial charge on any atom is -0.495 e. The van der Waals surface area contributed by atoms with Crippen molar-refractivity contribution in [1.82, 2.24) is 0 Å². The number of amides is 1. The molecule has 0 fully saturated rings. The van der Waals surface area contributed by atoms with Crippen LogP contribution in [-0.4, -0.2) is 30.5 Å². The van der Waals surface area contributed by atoms with Crippen molar-refractivity contribution < 1.29 is 28.4 Å². The van der Waals surface area contributed by atoms with Crippen LogP contribution in [0.25, 0.3) is 21.9 Å². The summed E-state index contributed by atoms with van der Waals surface area (Å²) in [6.07, 6.45) is 0. The summed E-state index contributed by atoms with van der Waals surface area (Å²) in [6, 6.07) is 14.2. The number of nitrogens with one attached hydrogen (secondary N) is 1. The van der Waals surface area contributed by atoms with Crippen molar-refractivity contribution in [1.29, 1.82) is 0 Å². The van der Waals surface area contributed by atoms with E-state index in [1.807, 2.05) is 24.3 Å². The molecule has 0 aliphatic heterocycles. The molecule has 10 heteroatoms. The number of fused-ring (bicyclic) bond motifs is 3. The minimum absolute atomic E-state index is 0.0296. The van der Waals surface area contributed by atoms with Crippen molar-refractivity contribution in [2.24, 2.45) is 0 Å². The number of benzene rings is 3. The van der Waals surface area contributed by atoms with Gasteiger partial charge in [0.05, 0.1) is 28.3 Å². The van der Waals surface area contributed by atoms with E-state index in [9.17, 15) is 19.7 Å². The Morgan fingerprint density at radius 3 is 2.62 bits per heavy atom. The van der Waals surface area contributed by atoms with Gasteiger partial charge >= 0.3 is 5.97 Å². The van der Waals surface area contributed by atoms with Crippen LogP contribution in [0, 0.1) is 10.1 Å². The number of nitrogens with zero attached hydrogens (tertiary/aromatic N) is 1. The maximum Gasteiger partial charge on any atom is 0.340 e. The Labute approximate surface area is 185 Å². The first-order valence-corrected chi connectivity index (χ1v) is 9.65. The van der Waals surface area contributed by atoms with Gasteiger partial charge in [0.25, 0.3) is 11.6 Å². The van der Waals surface area contributed by atoms with E-state index in [1.165, 1.54) is 13.2 Å². The Morgan fingerprint density at radius 2 is 1.88 bits per heavy atom. The molecule has 9 nitrogen and oxygen atoms in total. The number of hydrogen-bond acceptors (Lipinski definition) is 7. The molecular formula is C22H15ClN2O7. The SMILES string of the molecule is COc1cc2c(cc1NC(=O)COC(=O)c1cc([N+](=O)[O-])ccc1Cl)oc1ccccc12. The second-order valence-electron chi connectivity index (χ2n) is 6.69. The van der Waals surface area contributed by atoms with Gasteiger partial charge in [-0.05, 0) is 18.2 Å². The lowest BCUT2D eigenvalue weighted by molar-refractivity contribution is -0.384. The zero-order valence-electron chi connectivity index (χ0n) is 16.6. The largest absolute Gasteiger partial charge is 0.495 e. The van der Waals surface area contributed by atoms with E-state index >= 15 is 0 Å². The number of hydrogen-bond donors (Lipinski definition) is 1. The average molecular weight is 455 g/mol. The lowest BCUT2D eigenvalue weighted by Gasteiger charge is -2.11. The minimum atomic E-state index is -0.964. The maximum atomic E-state index is 12.4. The number of furan rings is 1. The molecule has 4 rings (SSSR count). The van der Waals surface area contributed by atoms with Crippen molar-refractivity contribution in [3.8, 4) is 5.75 Å². The van der Waals surface area contributed by atoms with Crippen molar-refractivity contribution in [2.45, 2.75) is 0 Å². The van der Waals surface area contributed by atoms with E-state index < -0.39 is 23.4 Å². The van der Waals surface area contributed by atoms with Crippen molar-refractivity contribution in [2.75, 3.05) is 19.0 Å². The number of anilines is 1. The van der Waals surface area contributed by atoms with E-state index in [0.717, 1.165) is 22.9 Å². The van der Waals surface area contributed by atoms with Gasteiger partial charge in [-0.3, -0.25) is 14.9 Å². The van der Waals surface area contributed by atoms with Crippen LogP contribution >= 0.6 is 11.6 Å². The van der Waals surface area contributed by atoms with Gasteiger partial charge in [0.1, 0.15) is 16.9 Å². The van der Waals surface area contributed by atoms with E-state index in [0.29, 0.717) is 22.6 Å². The molecule has 0 unspecified atom stereocenters. The monoisotopic (exact) mass is 454 g/mol. The van der Waals surface area contributed by atoms with Crippen molar-refractivity contribution in [3.63, 3.8) is 0 Å². The molecule has 1 amide bonds. The Bertz CT molecular complexity index is 1380. The predicted octanol–water partition coefficient (Wildman–Crippen LogP) is 4.95. The smallest absolute Gasteiger partial charge is 0.340 e. The Balaban J connectivity index is 1.50. The number of nitro benzene ring substituents is 1. The second-order valence-corrected chi connectivity index (χ2v) is 7.10. The number of nitro groups is 1. The lowest BCUT2D eigenvalue weighted by atomic mass is 10.1. The molecular weight excluding hydrogens is 440 g/mol. The second kappa shape index (κ2) is 8.56. The summed E-state index contributed by atoms with van der Waals surface area (Å²) in [7, 11) is 1.46. The van der Waals surface area contributed by atoms with E-state index in [4.69, 9.17) is 25.5 Å². The Kier molecular flexibility index (Phi) is 5.65. The highest BCUT2D eigenvalue weighted by Gasteiger charge is 2.19. The summed E-state index contributed by atoms with van der Waals surface area (Å²) < 4.78 is 16.1. The van der Waals surface area contributed by atoms with Crippen LogP contribution in [0.5, 0.6) is 5.75 Å². The fourth-order valence-electron chi connectivity index (χ4n) is 3.20. The number of ether oxygens (including phenoxy) is 2. The molecule has 4 aromatic rings. The fraction of sp³-hybridized carbons (Fsp3) is 0.0909. The van der Waals surface area contributed by atoms with Gasteiger partial charge in [0.2, 0.25) is 0 Å². The van der Waals surface area contributed by atoms with E-state index in [-0.39, 0.29) is 16.3 Å². The van der Waals surface area contributed by atoms with Gasteiger partial charge in [-0.1, -0.05) is 29.8 Å². The normalized spacial score (nSPS) is 10.8. The number of carbonyl (C=O) groups is 2. The molecule has 0 aliphatic rings. The highest BCUT2D eigenvalue weighted by atomic mass is 35.5. The van der Waals surface area contributed by atoms with Crippen molar-refractivity contribution in [3.05, 3.63) is 75.3 Å². The number of para-hydroxylation sites is 1. The number of non-ortho nitro benzene ring substituents is 1. The molecule has 0 saturated carbocycles. The number of halogens is 1. The molecule has 3 aromatic carbocycles. The Hall–Kier alpha value is -4.11. The third-order valence-electron chi connectivity index (χ3n) is 4.69. The Morgan fingerprint density at radius 1 is 1.09 bits per heavy atom. The first kappa shape index (κ1) is 21.1. The molecule has 0 radical (unpaired) electrons. The maximum absolute atomic E-state index is 12.4. The van der Waals surface area contributed by atoms with Crippen LogP contribution in [0.3, 0.4) is 0 Å². The van der Waals surface area contributed by atoms with Gasteiger partial charge in [0.15, 0.2) is 6.61 Å². The summed E-state index contributed by atoms with van der Waals surface area (Å²) in [5, 5.41) is 15.2. The highest BCUT2D eigenvalue weighted by molar-refractivity contribution is 6.33. The molecule has 0 atom stereocenters. The molecule has 32 heavy (non-hydrogen) atoms. The summed E-state index contributed by atoms with van der Waals surface area (Å²) in [5.74, 6) is -1.22. The topological polar surface area (TPSA) is 121 Å². The van der Waals surface area contributed by atoms with Crippen LogP contribution < -0.4 is 10.1 Å². The summed E-state index contributed by atoms with van der Waals surface area (Å²) in [5.41, 5.74) is 1.02. The predicted molar refractivity (Wildman–Crippen MR) is 117 cm³/mol. The summed E-state index contributed by atoms with van der Waals surface area (Å²) in [4.78, 5) is 34.8. The third kappa shape index (κ3) is 4.06. The van der Waals surface area contributed by atoms with Gasteiger partial charge in [0, 0.05) is 29.0 Å². The van der Waals surface area contributed by atoms with Crippen LogP contribution in [0.4, 0.5) is 11.4 Å². The first-order chi connectivity index (χ1) is 15.4. The lowest BCUT2D eigenvalue weighted by Crippen LogP contribution is -2.21. The number of rotatable bonds is 6. The quantitative estimate of drug-likeness (QED) is 0.248. The molecule has 0 bridgehead atoms. The van der Waals surface area contributed by atoms with E-state index in [2.05, 4.69) is 5.32 Å². The van der Waals surface area contributed by atoms with Gasteiger partial charge in [-0.2, -0.15) is 0 Å². The average Bonchev–Trinajstić information content (AvgIpc) is 3.14. The van der Waals surface area contributed by atoms with Crippen LogP contribution in [-0.2, 0) is 9.53 Å². The highest BCUT2D eigenvalue weighted by Crippen LogP contribution is 2.36. The molecule has 162 valence electrons. The molecule has 0 aliphatic carbocycles. The fourth-order valence-corrected chi connectivity index (χ4v) is 3.39. The summed E-state index contributed by atoms with van der Waals surface area (Å²) in [6.45, 7) is -0.640. The van der Waals surface area contributed by atoms with Crippen LogP contribution in [0.1, 0.15) is 10.4 Å². The molecule has 0 saturated heterocycles. The first-order valence-electron chi connectivity index (χ1n) is 9.27. The molecule has 1 aromatic heterocycles. The molecule has 1 heterocycles. The van der Waals surface area contributed by atoms with Crippen LogP contribution in [0.15, 0.2) is 59.0 Å². The standard InChI is InChI=1S/C22H15ClN2O7/c1-30-20-9-14-13-4-2-3-5-18(13)32-19(14)10-17(20)24-21(26)11-31-22(27)15-8-12(25(28)29)6-7-16(15)23/h2-10H,11H2,1H3,(H,24,26). The number of carbonyl (C=O) groups excluding carboxylic acids is 2. The van der Waals surface area contributed by atoms with Crippen LogP contribution in [0.2, 0.25) is 5.02 Å². The van der Waals surface area contributed by atoms with Gasteiger partial charge in [-0.15, -0.1) is 0 Å². The molecule has 0 spiro atoms. The van der Waals surface area contributed by atoms with Crippen molar-refractivity contribution >= 4 is 56.8 Å². The number of methoxy groups -OCH3 is 1. The summed E-state index contributed by atoms with van der Waals surface area (Å²) >= 11 is 5.92. The zero-order chi connectivity index (χ0) is 22.8. The molecule has 1 N–H and O–H groups in total. The third-order valence-corrected chi connectivity index (χ3v) is 5.02.